The number of hydrogen-bond donors (Lipinski definition) is 1. The zero-order valence-corrected chi connectivity index (χ0v) is 15.0. The van der Waals surface area contributed by atoms with Gasteiger partial charge in [0.2, 0.25) is 0 Å². The van der Waals surface area contributed by atoms with Crippen LogP contribution in [-0.4, -0.2) is 20.4 Å². The maximum atomic E-state index is 10.7. The Morgan fingerprint density at radius 2 is 1.62 bits per heavy atom. The number of aryl methyl sites for hydroxylation is 2. The highest BCUT2D eigenvalue weighted by atomic mass is 16.5. The fourth-order valence-corrected chi connectivity index (χ4v) is 2.01. The van der Waals surface area contributed by atoms with E-state index in [0.717, 1.165) is 28.7 Å². The van der Waals surface area contributed by atoms with Gasteiger partial charge in [-0.05, 0) is 56.3 Å². The normalized spacial score (nSPS) is 8.92. The third-order valence-electron chi connectivity index (χ3n) is 3.15. The van der Waals surface area contributed by atoms with Crippen LogP contribution >= 0.6 is 0 Å². The molecule has 0 aliphatic rings. The molecule has 1 N–H and O–H groups in total. The van der Waals surface area contributed by atoms with Crippen LogP contribution in [0.4, 0.5) is 0 Å². The standard InChI is InChI=1S/C17H18O2.C2H7N.C2H2/c1-13-7-8-14(2)17(11-13)19-12-16-6-4-3-5-15(16)9-10-18;1-3-2;1-2/h3-8,10-11H,9,12H2,1-2H3;3H,1-2H3;1-2H. The lowest BCUT2D eigenvalue weighted by atomic mass is 10.1. The van der Waals surface area contributed by atoms with Crippen LogP contribution < -0.4 is 10.1 Å². The van der Waals surface area contributed by atoms with Crippen LogP contribution in [0, 0.1) is 26.7 Å². The molecular formula is C21H27NO2. The Kier molecular flexibility index (Phi) is 11.5. The predicted octanol–water partition coefficient (Wildman–Crippen LogP) is 3.71. The Hall–Kier alpha value is -2.57. The molecule has 0 aliphatic carbocycles. The summed E-state index contributed by atoms with van der Waals surface area (Å²) in [7, 11) is 3.75. The Balaban J connectivity index is 0.000000952. The van der Waals surface area contributed by atoms with E-state index in [4.69, 9.17) is 4.74 Å². The molecule has 0 fully saturated rings. The van der Waals surface area contributed by atoms with Crippen LogP contribution in [-0.2, 0) is 17.8 Å². The minimum Gasteiger partial charge on any atom is -0.489 e. The topological polar surface area (TPSA) is 38.3 Å². The predicted molar refractivity (Wildman–Crippen MR) is 101 cm³/mol. The summed E-state index contributed by atoms with van der Waals surface area (Å²) in [6.07, 6.45) is 9.36. The van der Waals surface area contributed by atoms with Crippen molar-refractivity contribution < 1.29 is 9.53 Å². The van der Waals surface area contributed by atoms with Gasteiger partial charge in [0.1, 0.15) is 18.6 Å². The van der Waals surface area contributed by atoms with Gasteiger partial charge in [-0.15, -0.1) is 12.8 Å². The van der Waals surface area contributed by atoms with E-state index in [1.165, 1.54) is 5.56 Å². The van der Waals surface area contributed by atoms with Gasteiger partial charge in [0.25, 0.3) is 0 Å². The van der Waals surface area contributed by atoms with E-state index in [1.807, 2.05) is 58.3 Å². The van der Waals surface area contributed by atoms with E-state index in [1.54, 1.807) is 0 Å². The van der Waals surface area contributed by atoms with Gasteiger partial charge in [0.05, 0.1) is 0 Å². The Morgan fingerprint density at radius 3 is 2.21 bits per heavy atom. The van der Waals surface area contributed by atoms with Crippen LogP contribution in [0.1, 0.15) is 22.3 Å². The number of aldehydes is 1. The van der Waals surface area contributed by atoms with Gasteiger partial charge in [-0.25, -0.2) is 0 Å². The number of hydrogen-bond acceptors (Lipinski definition) is 3. The molecule has 0 heterocycles. The monoisotopic (exact) mass is 325 g/mol. The van der Waals surface area contributed by atoms with Crippen molar-refractivity contribution in [2.75, 3.05) is 14.1 Å². The number of nitrogens with one attached hydrogen (secondary N) is 1. The van der Waals surface area contributed by atoms with Crippen LogP contribution in [0.5, 0.6) is 5.75 Å². The summed E-state index contributed by atoms with van der Waals surface area (Å²) in [5.41, 5.74) is 4.40. The number of carbonyl (C=O) groups excluding carboxylic acids is 1. The molecule has 0 saturated heterocycles. The van der Waals surface area contributed by atoms with Gasteiger partial charge in [-0.1, -0.05) is 36.4 Å². The minimum absolute atomic E-state index is 0.437. The molecule has 0 radical (unpaired) electrons. The largest absolute Gasteiger partial charge is 0.489 e. The summed E-state index contributed by atoms with van der Waals surface area (Å²) in [4.78, 5) is 10.7. The number of ether oxygens (including phenoxy) is 1. The van der Waals surface area contributed by atoms with Crippen LogP contribution in [0.25, 0.3) is 0 Å². The molecule has 128 valence electrons. The minimum atomic E-state index is 0.437. The van der Waals surface area contributed by atoms with Crippen molar-refractivity contribution in [3.05, 3.63) is 64.7 Å². The molecule has 2 aromatic carbocycles. The van der Waals surface area contributed by atoms with Gasteiger partial charge >= 0.3 is 0 Å². The maximum absolute atomic E-state index is 10.7. The molecule has 0 aliphatic heterocycles. The average Bonchev–Trinajstić information content (AvgIpc) is 2.60. The Bertz CT molecular complexity index is 633. The van der Waals surface area contributed by atoms with E-state index in [9.17, 15) is 4.79 Å². The fourth-order valence-electron chi connectivity index (χ4n) is 2.01. The summed E-state index contributed by atoms with van der Waals surface area (Å²) in [5.74, 6) is 0.904. The lowest BCUT2D eigenvalue weighted by Crippen LogP contribution is -2.01. The molecule has 3 heteroatoms. The molecule has 0 unspecified atom stereocenters. The summed E-state index contributed by atoms with van der Waals surface area (Å²) in [6.45, 7) is 4.58. The van der Waals surface area contributed by atoms with E-state index in [0.29, 0.717) is 13.0 Å². The lowest BCUT2D eigenvalue weighted by molar-refractivity contribution is -0.107. The molecule has 0 amide bonds. The molecule has 0 spiro atoms. The Labute approximate surface area is 146 Å². The Morgan fingerprint density at radius 1 is 1.04 bits per heavy atom. The highest BCUT2D eigenvalue weighted by molar-refractivity contribution is 5.56. The smallest absolute Gasteiger partial charge is 0.124 e. The van der Waals surface area contributed by atoms with Gasteiger partial charge in [0.15, 0.2) is 0 Å². The van der Waals surface area contributed by atoms with Crippen molar-refractivity contribution in [1.29, 1.82) is 0 Å². The number of rotatable bonds is 5. The molecule has 2 rings (SSSR count). The third kappa shape index (κ3) is 7.62. The van der Waals surface area contributed by atoms with Gasteiger partial charge < -0.3 is 14.8 Å². The summed E-state index contributed by atoms with van der Waals surface area (Å²) in [5, 5.41) is 2.75. The highest BCUT2D eigenvalue weighted by Gasteiger charge is 2.04. The SMILES string of the molecule is C#C.CNC.Cc1ccc(C)c(OCc2ccccc2CC=O)c1. The molecule has 0 atom stereocenters. The van der Waals surface area contributed by atoms with E-state index >= 15 is 0 Å². The van der Waals surface area contributed by atoms with Gasteiger partial charge in [-0.2, -0.15) is 0 Å². The molecule has 0 saturated carbocycles. The average molecular weight is 325 g/mol. The maximum Gasteiger partial charge on any atom is 0.124 e. The van der Waals surface area contributed by atoms with Crippen molar-refractivity contribution in [3.8, 4) is 18.6 Å². The zero-order chi connectivity index (χ0) is 18.4. The van der Waals surface area contributed by atoms with Crippen molar-refractivity contribution in [1.82, 2.24) is 5.32 Å². The summed E-state index contributed by atoms with van der Waals surface area (Å²) < 4.78 is 5.87. The first-order chi connectivity index (χ1) is 11.6. The second-order valence-electron chi connectivity index (χ2n) is 5.20. The molecule has 3 nitrogen and oxygen atoms in total. The van der Waals surface area contributed by atoms with Crippen molar-refractivity contribution >= 4 is 6.29 Å². The second-order valence-corrected chi connectivity index (χ2v) is 5.20. The van der Waals surface area contributed by atoms with E-state index in [2.05, 4.69) is 30.3 Å². The third-order valence-corrected chi connectivity index (χ3v) is 3.15. The molecule has 2 aromatic rings. The number of benzene rings is 2. The first-order valence-corrected chi connectivity index (χ1v) is 7.74. The second kappa shape index (κ2) is 12.9. The first kappa shape index (κ1) is 21.4. The van der Waals surface area contributed by atoms with Crippen LogP contribution in [0.2, 0.25) is 0 Å². The molecule has 24 heavy (non-hydrogen) atoms. The van der Waals surface area contributed by atoms with E-state index in [-0.39, 0.29) is 0 Å². The van der Waals surface area contributed by atoms with Crippen molar-refractivity contribution in [2.45, 2.75) is 26.9 Å². The van der Waals surface area contributed by atoms with Gasteiger partial charge in [-0.3, -0.25) is 0 Å². The van der Waals surface area contributed by atoms with E-state index < -0.39 is 0 Å². The molecule has 0 aromatic heterocycles. The number of terminal acetylenes is 1. The van der Waals surface area contributed by atoms with Gasteiger partial charge in [0, 0.05) is 6.42 Å². The quantitative estimate of drug-likeness (QED) is 0.673. The highest BCUT2D eigenvalue weighted by Crippen LogP contribution is 2.21. The summed E-state index contributed by atoms with van der Waals surface area (Å²) in [6, 6.07) is 14.1. The fraction of sp³-hybridized carbons (Fsp3) is 0.286. The van der Waals surface area contributed by atoms with Crippen LogP contribution in [0.15, 0.2) is 42.5 Å². The first-order valence-electron chi connectivity index (χ1n) is 7.74. The lowest BCUT2D eigenvalue weighted by Gasteiger charge is -2.12. The zero-order valence-electron chi connectivity index (χ0n) is 15.0. The summed E-state index contributed by atoms with van der Waals surface area (Å²) >= 11 is 0. The number of carbonyl (C=O) groups is 1. The van der Waals surface area contributed by atoms with Crippen molar-refractivity contribution in [3.63, 3.8) is 0 Å². The molecule has 0 bridgehead atoms. The van der Waals surface area contributed by atoms with Crippen LogP contribution in [0.3, 0.4) is 0 Å². The molecular weight excluding hydrogens is 298 g/mol. The van der Waals surface area contributed by atoms with Crippen molar-refractivity contribution in [2.24, 2.45) is 0 Å².